The number of aromatic hydroxyl groups is 2. The summed E-state index contributed by atoms with van der Waals surface area (Å²) in [4.78, 5) is 54.3. The smallest absolute Gasteiger partial charge is 0.276 e. The molecule has 3 unspecified atom stereocenters. The minimum Gasteiger partial charge on any atom is -0.502 e. The maximum absolute atomic E-state index is 13.2. The molecule has 66 heavy (non-hydrogen) atoms. The van der Waals surface area contributed by atoms with Crippen molar-refractivity contribution < 1.29 is 19.8 Å². The number of hydrogen-bond acceptors (Lipinski definition) is 8. The fourth-order valence-corrected chi connectivity index (χ4v) is 11.1. The minimum absolute atomic E-state index is 0.0272. The van der Waals surface area contributed by atoms with Gasteiger partial charge in [-0.25, -0.2) is 0 Å². The molecule has 2 aliphatic heterocycles. The molecule has 0 saturated carbocycles. The van der Waals surface area contributed by atoms with Crippen molar-refractivity contribution in [3.05, 3.63) is 182 Å². The molecule has 3 atom stereocenters. The van der Waals surface area contributed by atoms with E-state index < -0.39 is 28.3 Å². The Morgan fingerprint density at radius 2 is 1.02 bits per heavy atom. The topological polar surface area (TPSA) is 151 Å². The molecule has 6 aromatic rings. The van der Waals surface area contributed by atoms with Gasteiger partial charge in [-0.15, -0.1) is 0 Å². The standard InChI is InChI=1S/C26H26ClN3O3.C25H23Cl2N3O3/c1-3-10-29-14-21(30-24(26(29)33)25(32)22(31)13-28-30)23-19-8-4-15(2)11-16(19)5-6-17-12-18(27)7-9-20(17)23;1-13(2)29-12-20(30-23(25(29)33)24(32)21(31)11-28-30)22-18-7-5-16(26)9-14(18)3-4-15-10-17(27)6-8-19(15)22/h4,7-9,11-13,21,23,32H,3,5-6,10,14H2,1-2H3;5-11,13,20,22,32H,3-4,12H2,1-2H3. The van der Waals surface area contributed by atoms with Gasteiger partial charge in [0.15, 0.2) is 22.9 Å². The minimum atomic E-state index is -0.667. The summed E-state index contributed by atoms with van der Waals surface area (Å²) in [5.41, 5.74) is 8.99. The highest BCUT2D eigenvalue weighted by atomic mass is 35.5. The van der Waals surface area contributed by atoms with Crippen LogP contribution < -0.4 is 10.9 Å². The first-order chi connectivity index (χ1) is 31.6. The number of carbonyl (C=O) groups is 2. The van der Waals surface area contributed by atoms with E-state index >= 15 is 0 Å². The zero-order valence-electron chi connectivity index (χ0n) is 37.0. The van der Waals surface area contributed by atoms with Gasteiger partial charge in [-0.05, 0) is 134 Å². The van der Waals surface area contributed by atoms with Gasteiger partial charge in [-0.1, -0.05) is 83.7 Å². The first-order valence-electron chi connectivity index (χ1n) is 22.3. The highest BCUT2D eigenvalue weighted by Gasteiger charge is 2.43. The predicted octanol–water partition coefficient (Wildman–Crippen LogP) is 8.84. The Bertz CT molecular complexity index is 2950. The van der Waals surface area contributed by atoms with Crippen LogP contribution in [0, 0.1) is 6.92 Å². The third-order valence-corrected chi connectivity index (χ3v) is 14.2. The molecule has 15 heteroatoms. The molecule has 0 spiro atoms. The van der Waals surface area contributed by atoms with Crippen LogP contribution in [-0.4, -0.2) is 77.1 Å². The van der Waals surface area contributed by atoms with Crippen LogP contribution in [0.3, 0.4) is 0 Å². The molecule has 340 valence electrons. The third kappa shape index (κ3) is 8.07. The lowest BCUT2D eigenvalue weighted by atomic mass is 9.81. The van der Waals surface area contributed by atoms with E-state index in [-0.39, 0.29) is 47.3 Å². The molecule has 4 aromatic carbocycles. The highest BCUT2D eigenvalue weighted by Crippen LogP contribution is 2.47. The van der Waals surface area contributed by atoms with E-state index in [0.29, 0.717) is 34.7 Å². The van der Waals surface area contributed by atoms with Crippen molar-refractivity contribution in [2.24, 2.45) is 0 Å². The molecule has 12 nitrogen and oxygen atoms in total. The first-order valence-corrected chi connectivity index (χ1v) is 23.4. The van der Waals surface area contributed by atoms with Crippen molar-refractivity contribution >= 4 is 46.6 Å². The van der Waals surface area contributed by atoms with E-state index in [9.17, 15) is 29.4 Å². The fraction of sp³-hybridized carbons (Fsp3) is 0.333. The Morgan fingerprint density at radius 3 is 1.45 bits per heavy atom. The third-order valence-electron chi connectivity index (χ3n) is 13.5. The van der Waals surface area contributed by atoms with Crippen LogP contribution in [0.1, 0.15) is 122 Å². The molecule has 2 amide bonds. The van der Waals surface area contributed by atoms with Gasteiger partial charge in [-0.3, -0.25) is 28.5 Å². The molecule has 0 bridgehead atoms. The second-order valence-electron chi connectivity index (χ2n) is 17.9. The van der Waals surface area contributed by atoms with Crippen LogP contribution in [0.5, 0.6) is 11.5 Å². The zero-order valence-corrected chi connectivity index (χ0v) is 39.2. The molecular weight excluding hydrogens is 899 g/mol. The number of carbonyl (C=O) groups excluding carboxylic acids is 2. The van der Waals surface area contributed by atoms with Crippen molar-refractivity contribution in [1.82, 2.24) is 29.4 Å². The lowest BCUT2D eigenvalue weighted by molar-refractivity contribution is 0.0569. The summed E-state index contributed by atoms with van der Waals surface area (Å²) in [5.74, 6) is -2.15. The lowest BCUT2D eigenvalue weighted by Gasteiger charge is -2.41. The summed E-state index contributed by atoms with van der Waals surface area (Å²) < 4.78 is 3.11. The number of rotatable bonds is 5. The SMILES string of the molecule is CC(C)N1CC(C2c3ccc(Cl)cc3CCc3cc(Cl)ccc32)n2ncc(=O)c(O)c2C1=O.CCCN1CC(C2c3ccc(C)cc3CCc3cc(Cl)ccc32)n2ncc(=O)c(O)c2C1=O. The Kier molecular flexibility index (Phi) is 12.4. The van der Waals surface area contributed by atoms with E-state index in [4.69, 9.17) is 34.8 Å². The molecule has 0 fully saturated rings. The van der Waals surface area contributed by atoms with E-state index in [1.54, 1.807) is 14.5 Å². The number of hydrogen-bond donors (Lipinski definition) is 2. The Morgan fingerprint density at radius 1 is 0.606 bits per heavy atom. The van der Waals surface area contributed by atoms with Crippen LogP contribution in [-0.2, 0) is 25.7 Å². The molecule has 4 heterocycles. The molecule has 10 rings (SSSR count). The lowest BCUT2D eigenvalue weighted by Crippen LogP contribution is -2.49. The molecule has 2 N–H and O–H groups in total. The van der Waals surface area contributed by atoms with Crippen molar-refractivity contribution in [2.45, 2.75) is 89.8 Å². The van der Waals surface area contributed by atoms with E-state index in [1.165, 1.54) is 26.9 Å². The molecule has 0 saturated heterocycles. The van der Waals surface area contributed by atoms with Gasteiger partial charge in [0.1, 0.15) is 0 Å². The summed E-state index contributed by atoms with van der Waals surface area (Å²) in [6, 6.07) is 23.6. The van der Waals surface area contributed by atoms with Crippen molar-refractivity contribution in [1.29, 1.82) is 0 Å². The molecule has 0 radical (unpaired) electrons. The average Bonchev–Trinajstić information content (AvgIpc) is 3.54. The Labute approximate surface area is 397 Å². The monoisotopic (exact) mass is 946 g/mol. The molecule has 2 aliphatic carbocycles. The largest absolute Gasteiger partial charge is 0.502 e. The number of aryl methyl sites for hydroxylation is 5. The van der Waals surface area contributed by atoms with E-state index in [1.807, 2.05) is 69.3 Å². The van der Waals surface area contributed by atoms with Gasteiger partial charge < -0.3 is 20.0 Å². The van der Waals surface area contributed by atoms with E-state index in [0.717, 1.165) is 72.3 Å². The van der Waals surface area contributed by atoms with Gasteiger partial charge in [0.05, 0.1) is 24.5 Å². The zero-order chi connectivity index (χ0) is 46.7. The molecule has 4 aliphatic rings. The second-order valence-corrected chi connectivity index (χ2v) is 19.2. The van der Waals surface area contributed by atoms with Gasteiger partial charge in [0, 0.05) is 52.6 Å². The summed E-state index contributed by atoms with van der Waals surface area (Å²) in [7, 11) is 0. The highest BCUT2D eigenvalue weighted by molar-refractivity contribution is 6.31. The maximum Gasteiger partial charge on any atom is 0.276 e. The summed E-state index contributed by atoms with van der Waals surface area (Å²) in [6.45, 7) is 9.30. The van der Waals surface area contributed by atoms with Gasteiger partial charge in [-0.2, -0.15) is 10.2 Å². The number of benzene rings is 4. The van der Waals surface area contributed by atoms with Gasteiger partial charge in [0.2, 0.25) is 10.9 Å². The van der Waals surface area contributed by atoms with Crippen molar-refractivity contribution in [3.63, 3.8) is 0 Å². The summed E-state index contributed by atoms with van der Waals surface area (Å²) in [5, 5.41) is 31.9. The predicted molar refractivity (Wildman–Crippen MR) is 255 cm³/mol. The van der Waals surface area contributed by atoms with E-state index in [2.05, 4.69) is 41.4 Å². The van der Waals surface area contributed by atoms with Crippen LogP contribution in [0.15, 0.2) is 94.8 Å². The summed E-state index contributed by atoms with van der Waals surface area (Å²) in [6.07, 6.45) is 6.31. The van der Waals surface area contributed by atoms with Crippen LogP contribution in [0.4, 0.5) is 0 Å². The quantitative estimate of drug-likeness (QED) is 0.174. The molecular formula is C51H49Cl3N6O6. The normalized spacial score (nSPS) is 18.8. The van der Waals surface area contributed by atoms with Crippen molar-refractivity contribution in [3.8, 4) is 11.5 Å². The maximum atomic E-state index is 13.2. The number of nitrogens with zero attached hydrogens (tertiary/aromatic N) is 6. The number of aromatic nitrogens is 4. The van der Waals surface area contributed by atoms with Gasteiger partial charge >= 0.3 is 0 Å². The number of halogens is 3. The number of fused-ring (bicyclic) bond motifs is 6. The van der Waals surface area contributed by atoms with Crippen LogP contribution in [0.2, 0.25) is 15.1 Å². The second kappa shape index (κ2) is 18.0. The summed E-state index contributed by atoms with van der Waals surface area (Å²) >= 11 is 19.1. The Hall–Kier alpha value is -5.95. The number of amides is 2. The molecule has 2 aromatic heterocycles. The van der Waals surface area contributed by atoms with Crippen molar-refractivity contribution in [2.75, 3.05) is 19.6 Å². The Balaban J connectivity index is 0.000000166. The fourth-order valence-electron chi connectivity index (χ4n) is 10.5. The average molecular weight is 948 g/mol. The first kappa shape index (κ1) is 45.2. The van der Waals surface area contributed by atoms with Crippen LogP contribution in [0.25, 0.3) is 0 Å². The van der Waals surface area contributed by atoms with Gasteiger partial charge in [0.25, 0.3) is 11.8 Å². The van der Waals surface area contributed by atoms with Crippen LogP contribution >= 0.6 is 34.8 Å².